The number of carbonyl (C=O) groups excluding carboxylic acids is 2. The number of anilines is 1. The molecule has 26 heavy (non-hydrogen) atoms. The number of sulfonamides is 1. The van der Waals surface area contributed by atoms with E-state index in [0.717, 1.165) is 24.2 Å². The van der Waals surface area contributed by atoms with E-state index < -0.39 is 21.9 Å². The van der Waals surface area contributed by atoms with Gasteiger partial charge in [0.25, 0.3) is 5.91 Å². The Kier molecular flexibility index (Phi) is 5.12. The van der Waals surface area contributed by atoms with Crippen LogP contribution in [0.5, 0.6) is 0 Å². The summed E-state index contributed by atoms with van der Waals surface area (Å²) in [5, 5.41) is 13.6. The van der Waals surface area contributed by atoms with Crippen LogP contribution >= 0.6 is 11.3 Å². The average molecular weight is 393 g/mol. The summed E-state index contributed by atoms with van der Waals surface area (Å²) >= 11 is 1.06. The zero-order chi connectivity index (χ0) is 18.9. The monoisotopic (exact) mass is 393 g/mol. The minimum Gasteiger partial charge on any atom is -0.545 e. The standard InChI is InChI=1S/C17H18N2O5S2/c1-11-15(26(23,24)19-8-4-5-9-19)10-14(25-11)16(20)18-13-7-3-2-6-12(13)17(21)22/h2-3,6-7,10H,4-5,8-9H2,1H3,(H,18,20)(H,21,22)/p-1. The fourth-order valence-electron chi connectivity index (χ4n) is 2.85. The molecule has 0 spiro atoms. The quantitative estimate of drug-likeness (QED) is 0.828. The van der Waals surface area contributed by atoms with E-state index in [1.54, 1.807) is 13.0 Å². The number of carboxylic acids is 1. The average Bonchev–Trinajstić information content (AvgIpc) is 3.25. The fourth-order valence-corrected chi connectivity index (χ4v) is 5.83. The first kappa shape index (κ1) is 18.6. The number of nitrogens with zero attached hydrogens (tertiary/aromatic N) is 1. The molecule has 0 aliphatic carbocycles. The highest BCUT2D eigenvalue weighted by atomic mass is 32.2. The summed E-state index contributed by atoms with van der Waals surface area (Å²) in [5.41, 5.74) is -0.0356. The Morgan fingerprint density at radius 3 is 2.50 bits per heavy atom. The van der Waals surface area contributed by atoms with Crippen molar-refractivity contribution in [2.75, 3.05) is 18.4 Å². The number of carbonyl (C=O) groups is 2. The number of para-hydroxylation sites is 1. The molecule has 1 saturated heterocycles. The molecule has 1 aliphatic rings. The Hall–Kier alpha value is -2.23. The molecule has 1 fully saturated rings. The van der Waals surface area contributed by atoms with Crippen molar-refractivity contribution in [2.24, 2.45) is 0 Å². The maximum absolute atomic E-state index is 12.7. The van der Waals surface area contributed by atoms with Crippen molar-refractivity contribution in [3.05, 3.63) is 45.6 Å². The first-order chi connectivity index (χ1) is 12.3. The summed E-state index contributed by atoms with van der Waals surface area (Å²) in [7, 11) is -3.62. The summed E-state index contributed by atoms with van der Waals surface area (Å²) in [5.74, 6) is -1.96. The van der Waals surface area contributed by atoms with Gasteiger partial charge in [0, 0.05) is 23.5 Å². The molecule has 7 nitrogen and oxygen atoms in total. The minimum absolute atomic E-state index is 0.104. The highest BCUT2D eigenvalue weighted by Crippen LogP contribution is 2.30. The molecule has 0 unspecified atom stereocenters. The zero-order valence-electron chi connectivity index (χ0n) is 14.0. The SMILES string of the molecule is Cc1sc(C(=O)Nc2ccccc2C(=O)[O-])cc1S(=O)(=O)N1CCCC1. The molecule has 2 aromatic rings. The van der Waals surface area contributed by atoms with Gasteiger partial charge >= 0.3 is 0 Å². The summed E-state index contributed by atoms with van der Waals surface area (Å²) < 4.78 is 26.8. The molecule has 1 amide bonds. The van der Waals surface area contributed by atoms with Crippen molar-refractivity contribution in [1.82, 2.24) is 4.31 Å². The Bertz CT molecular complexity index is 959. The minimum atomic E-state index is -3.62. The molecule has 0 bridgehead atoms. The molecule has 0 radical (unpaired) electrons. The van der Waals surface area contributed by atoms with Gasteiger partial charge in [-0.25, -0.2) is 8.42 Å². The van der Waals surface area contributed by atoms with Crippen LogP contribution in [0.3, 0.4) is 0 Å². The maximum atomic E-state index is 12.7. The van der Waals surface area contributed by atoms with Gasteiger partial charge < -0.3 is 15.2 Å². The van der Waals surface area contributed by atoms with Crippen molar-refractivity contribution in [3.8, 4) is 0 Å². The number of carboxylic acid groups (broad SMARTS) is 1. The van der Waals surface area contributed by atoms with Crippen LogP contribution in [0.15, 0.2) is 35.2 Å². The van der Waals surface area contributed by atoms with Crippen molar-refractivity contribution in [1.29, 1.82) is 0 Å². The van der Waals surface area contributed by atoms with Gasteiger partial charge in [-0.2, -0.15) is 4.31 Å². The molecule has 1 aromatic carbocycles. The first-order valence-electron chi connectivity index (χ1n) is 8.03. The van der Waals surface area contributed by atoms with Gasteiger partial charge in [0.05, 0.1) is 21.4 Å². The lowest BCUT2D eigenvalue weighted by Crippen LogP contribution is -2.28. The van der Waals surface area contributed by atoms with E-state index in [-0.39, 0.29) is 21.0 Å². The van der Waals surface area contributed by atoms with Crippen LogP contribution in [-0.4, -0.2) is 37.7 Å². The van der Waals surface area contributed by atoms with E-state index in [2.05, 4.69) is 5.32 Å². The van der Waals surface area contributed by atoms with E-state index in [1.807, 2.05) is 0 Å². The third-order valence-corrected chi connectivity index (χ3v) is 7.38. The Morgan fingerprint density at radius 2 is 1.85 bits per heavy atom. The number of hydrogen-bond donors (Lipinski definition) is 1. The third kappa shape index (κ3) is 3.50. The Balaban J connectivity index is 1.87. The molecule has 0 atom stereocenters. The van der Waals surface area contributed by atoms with E-state index in [0.29, 0.717) is 18.0 Å². The predicted octanol–water partition coefficient (Wildman–Crippen LogP) is 1.46. The lowest BCUT2D eigenvalue weighted by molar-refractivity contribution is -0.254. The zero-order valence-corrected chi connectivity index (χ0v) is 15.7. The van der Waals surface area contributed by atoms with Gasteiger partial charge in [0.2, 0.25) is 10.0 Å². The number of amides is 1. The van der Waals surface area contributed by atoms with Gasteiger partial charge in [0.1, 0.15) is 0 Å². The largest absolute Gasteiger partial charge is 0.545 e. The number of rotatable bonds is 5. The van der Waals surface area contributed by atoms with Gasteiger partial charge in [-0.15, -0.1) is 11.3 Å². The summed E-state index contributed by atoms with van der Waals surface area (Å²) in [6.07, 6.45) is 1.66. The van der Waals surface area contributed by atoms with Crippen LogP contribution in [0.2, 0.25) is 0 Å². The van der Waals surface area contributed by atoms with E-state index >= 15 is 0 Å². The van der Waals surface area contributed by atoms with Crippen LogP contribution < -0.4 is 10.4 Å². The fraction of sp³-hybridized carbons (Fsp3) is 0.294. The molecule has 1 aliphatic heterocycles. The second kappa shape index (κ2) is 7.18. The number of thiophene rings is 1. The molecule has 3 rings (SSSR count). The number of hydrogen-bond acceptors (Lipinski definition) is 6. The van der Waals surface area contributed by atoms with Crippen molar-refractivity contribution in [3.63, 3.8) is 0 Å². The number of benzene rings is 1. The van der Waals surface area contributed by atoms with E-state index in [9.17, 15) is 23.1 Å². The van der Waals surface area contributed by atoms with Crippen LogP contribution in [-0.2, 0) is 10.0 Å². The van der Waals surface area contributed by atoms with Gasteiger partial charge in [0.15, 0.2) is 0 Å². The molecular weight excluding hydrogens is 376 g/mol. The molecular formula is C17H17N2O5S2-. The number of nitrogens with one attached hydrogen (secondary N) is 1. The third-order valence-electron chi connectivity index (χ3n) is 4.17. The molecule has 0 saturated carbocycles. The normalized spacial score (nSPS) is 15.1. The van der Waals surface area contributed by atoms with Gasteiger partial charge in [-0.05, 0) is 31.9 Å². The van der Waals surface area contributed by atoms with Crippen LogP contribution in [0.25, 0.3) is 0 Å². The molecule has 1 aromatic heterocycles. The van der Waals surface area contributed by atoms with Crippen molar-refractivity contribution < 1.29 is 23.1 Å². The molecule has 138 valence electrons. The molecule has 2 heterocycles. The van der Waals surface area contributed by atoms with Gasteiger partial charge in [-0.1, -0.05) is 18.2 Å². The topological polar surface area (TPSA) is 107 Å². The molecule has 9 heteroatoms. The van der Waals surface area contributed by atoms with E-state index in [1.165, 1.54) is 28.6 Å². The number of aryl methyl sites for hydroxylation is 1. The summed E-state index contributed by atoms with van der Waals surface area (Å²) in [4.78, 5) is 24.5. The van der Waals surface area contributed by atoms with Crippen molar-refractivity contribution >= 4 is 38.9 Å². The second-order valence-corrected chi connectivity index (χ2v) is 9.09. The highest BCUT2D eigenvalue weighted by Gasteiger charge is 2.30. The van der Waals surface area contributed by atoms with Gasteiger partial charge in [-0.3, -0.25) is 4.79 Å². The second-order valence-electron chi connectivity index (χ2n) is 5.93. The smallest absolute Gasteiger partial charge is 0.265 e. The Labute approximate surface area is 155 Å². The summed E-state index contributed by atoms with van der Waals surface area (Å²) in [6, 6.07) is 7.24. The lowest BCUT2D eigenvalue weighted by Gasteiger charge is -2.14. The van der Waals surface area contributed by atoms with E-state index in [4.69, 9.17) is 0 Å². The van der Waals surface area contributed by atoms with Crippen LogP contribution in [0.4, 0.5) is 5.69 Å². The van der Waals surface area contributed by atoms with Crippen LogP contribution in [0.1, 0.15) is 37.7 Å². The lowest BCUT2D eigenvalue weighted by atomic mass is 10.2. The van der Waals surface area contributed by atoms with Crippen molar-refractivity contribution in [2.45, 2.75) is 24.7 Å². The number of aromatic carboxylic acids is 1. The Morgan fingerprint density at radius 1 is 1.19 bits per heavy atom. The predicted molar refractivity (Wildman–Crippen MR) is 95.8 cm³/mol. The maximum Gasteiger partial charge on any atom is 0.265 e. The molecule has 1 N–H and O–H groups in total. The highest BCUT2D eigenvalue weighted by molar-refractivity contribution is 7.89. The first-order valence-corrected chi connectivity index (χ1v) is 10.3. The summed E-state index contributed by atoms with van der Waals surface area (Å²) in [6.45, 7) is 2.62. The van der Waals surface area contributed by atoms with Crippen LogP contribution in [0, 0.1) is 6.92 Å².